The monoisotopic (exact) mass is 335 g/mol. The molecular weight excluding hydrogens is 316 g/mol. The van der Waals surface area contributed by atoms with Gasteiger partial charge in [0.2, 0.25) is 0 Å². The van der Waals surface area contributed by atoms with Crippen LogP contribution in [0.15, 0.2) is 36.4 Å². The molecule has 0 aromatic heterocycles. The Morgan fingerprint density at radius 1 is 1.08 bits per heavy atom. The predicted molar refractivity (Wildman–Crippen MR) is 85.1 cm³/mol. The van der Waals surface area contributed by atoms with Crippen molar-refractivity contribution in [2.45, 2.75) is 19.1 Å². The second-order valence-corrected chi connectivity index (χ2v) is 5.62. The Morgan fingerprint density at radius 3 is 2.75 bits per heavy atom. The minimum atomic E-state index is -0.967. The maximum atomic E-state index is 13.2. The molecule has 2 aromatic rings. The molecule has 0 saturated heterocycles. The van der Waals surface area contributed by atoms with E-state index in [0.717, 1.165) is 24.1 Å². The van der Waals surface area contributed by atoms with Gasteiger partial charge in [0.1, 0.15) is 0 Å². The third-order valence-electron chi connectivity index (χ3n) is 3.83. The Bertz CT molecular complexity index is 709. The van der Waals surface area contributed by atoms with Crippen molar-refractivity contribution in [3.8, 4) is 11.5 Å². The summed E-state index contributed by atoms with van der Waals surface area (Å²) in [5.41, 5.74) is 1.25. The van der Waals surface area contributed by atoms with E-state index >= 15 is 0 Å². The van der Waals surface area contributed by atoms with Crippen LogP contribution in [0.3, 0.4) is 0 Å². The Labute approximate surface area is 139 Å². The van der Waals surface area contributed by atoms with Crippen LogP contribution >= 0.6 is 0 Å². The maximum absolute atomic E-state index is 13.2. The first-order chi connectivity index (χ1) is 11.6. The van der Waals surface area contributed by atoms with E-state index in [9.17, 15) is 13.9 Å². The first kappa shape index (κ1) is 16.7. The summed E-state index contributed by atoms with van der Waals surface area (Å²) in [7, 11) is 0. The van der Waals surface area contributed by atoms with E-state index in [1.54, 1.807) is 0 Å². The van der Waals surface area contributed by atoms with E-state index in [-0.39, 0.29) is 6.54 Å². The lowest BCUT2D eigenvalue weighted by Crippen LogP contribution is -2.21. The van der Waals surface area contributed by atoms with Crippen LogP contribution in [0, 0.1) is 11.6 Å². The molecule has 3 rings (SSSR count). The number of benzene rings is 2. The zero-order chi connectivity index (χ0) is 16.9. The minimum Gasteiger partial charge on any atom is -0.490 e. The van der Waals surface area contributed by atoms with Crippen LogP contribution in [-0.2, 0) is 6.54 Å². The molecule has 2 N–H and O–H groups in total. The third-order valence-corrected chi connectivity index (χ3v) is 3.83. The lowest BCUT2D eigenvalue weighted by Gasteiger charge is -2.15. The molecule has 24 heavy (non-hydrogen) atoms. The molecule has 0 radical (unpaired) electrons. The molecule has 1 atom stereocenters. The lowest BCUT2D eigenvalue weighted by atomic mass is 10.1. The second-order valence-electron chi connectivity index (χ2n) is 5.62. The van der Waals surface area contributed by atoms with Gasteiger partial charge in [-0.05, 0) is 23.8 Å². The highest BCUT2D eigenvalue weighted by Gasteiger charge is 2.15. The zero-order valence-electron chi connectivity index (χ0n) is 13.1. The summed E-state index contributed by atoms with van der Waals surface area (Å²) in [6.07, 6.45) is -0.101. The van der Waals surface area contributed by atoms with E-state index in [4.69, 9.17) is 9.47 Å². The molecule has 0 amide bonds. The average molecular weight is 335 g/mol. The SMILES string of the molecule is O[C@@H](CNCc1cccc2c1OCCCO2)c1ccc(F)c(F)c1. The number of para-hydroxylation sites is 1. The molecule has 0 aliphatic carbocycles. The molecule has 0 fully saturated rings. The molecule has 0 saturated carbocycles. The summed E-state index contributed by atoms with van der Waals surface area (Å²) in [5.74, 6) is -0.466. The van der Waals surface area contributed by atoms with E-state index < -0.39 is 17.7 Å². The number of aliphatic hydroxyl groups excluding tert-OH is 1. The van der Waals surface area contributed by atoms with Gasteiger partial charge in [-0.1, -0.05) is 18.2 Å². The molecule has 1 aliphatic rings. The van der Waals surface area contributed by atoms with Crippen LogP contribution in [0.4, 0.5) is 8.78 Å². The van der Waals surface area contributed by atoms with Crippen molar-refractivity contribution in [1.82, 2.24) is 5.32 Å². The van der Waals surface area contributed by atoms with Gasteiger partial charge in [-0.3, -0.25) is 0 Å². The smallest absolute Gasteiger partial charge is 0.165 e. The number of fused-ring (bicyclic) bond motifs is 1. The quantitative estimate of drug-likeness (QED) is 0.882. The standard InChI is InChI=1S/C18H19F2NO3/c19-14-6-5-12(9-15(14)20)16(22)11-21-10-13-3-1-4-17-18(13)24-8-2-7-23-17/h1,3-6,9,16,21-22H,2,7-8,10-11H2/t16-/m0/s1. The van der Waals surface area contributed by atoms with Gasteiger partial charge in [0, 0.05) is 25.1 Å². The highest BCUT2D eigenvalue weighted by molar-refractivity contribution is 5.47. The fraction of sp³-hybridized carbons (Fsp3) is 0.333. The van der Waals surface area contributed by atoms with E-state index in [1.807, 2.05) is 18.2 Å². The summed E-state index contributed by atoms with van der Waals surface area (Å²) in [5, 5.41) is 13.2. The Balaban J connectivity index is 1.61. The van der Waals surface area contributed by atoms with Crippen LogP contribution in [0.5, 0.6) is 11.5 Å². The lowest BCUT2D eigenvalue weighted by molar-refractivity contribution is 0.173. The molecular formula is C18H19F2NO3. The van der Waals surface area contributed by atoms with Gasteiger partial charge in [-0.25, -0.2) is 8.78 Å². The summed E-state index contributed by atoms with van der Waals surface area (Å²) < 4.78 is 37.5. The van der Waals surface area contributed by atoms with Gasteiger partial charge in [-0.2, -0.15) is 0 Å². The number of halogens is 2. The molecule has 0 unspecified atom stereocenters. The normalized spacial score (nSPS) is 15.0. The maximum Gasteiger partial charge on any atom is 0.165 e. The van der Waals surface area contributed by atoms with Crippen molar-refractivity contribution in [2.24, 2.45) is 0 Å². The van der Waals surface area contributed by atoms with E-state index in [1.165, 1.54) is 6.07 Å². The summed E-state index contributed by atoms with van der Waals surface area (Å²) in [6.45, 7) is 1.89. The third kappa shape index (κ3) is 3.83. The van der Waals surface area contributed by atoms with Crippen molar-refractivity contribution in [2.75, 3.05) is 19.8 Å². The summed E-state index contributed by atoms with van der Waals surface area (Å²) in [4.78, 5) is 0. The molecule has 2 aromatic carbocycles. The first-order valence-corrected chi connectivity index (χ1v) is 7.86. The van der Waals surface area contributed by atoms with Crippen molar-refractivity contribution in [1.29, 1.82) is 0 Å². The van der Waals surface area contributed by atoms with Gasteiger partial charge in [0.25, 0.3) is 0 Å². The van der Waals surface area contributed by atoms with E-state index in [2.05, 4.69) is 5.32 Å². The number of nitrogens with one attached hydrogen (secondary N) is 1. The molecule has 0 spiro atoms. The van der Waals surface area contributed by atoms with Crippen molar-refractivity contribution < 1.29 is 23.4 Å². The number of hydrogen-bond acceptors (Lipinski definition) is 4. The molecule has 4 nitrogen and oxygen atoms in total. The van der Waals surface area contributed by atoms with Gasteiger partial charge in [-0.15, -0.1) is 0 Å². The summed E-state index contributed by atoms with van der Waals surface area (Å²) in [6, 6.07) is 9.06. The topological polar surface area (TPSA) is 50.7 Å². The van der Waals surface area contributed by atoms with Gasteiger partial charge < -0.3 is 19.9 Å². The van der Waals surface area contributed by atoms with Crippen LogP contribution in [-0.4, -0.2) is 24.9 Å². The first-order valence-electron chi connectivity index (χ1n) is 7.86. The van der Waals surface area contributed by atoms with Gasteiger partial charge >= 0.3 is 0 Å². The number of aliphatic hydroxyl groups is 1. The van der Waals surface area contributed by atoms with Crippen LogP contribution < -0.4 is 14.8 Å². The minimum absolute atomic E-state index is 0.204. The van der Waals surface area contributed by atoms with E-state index in [0.29, 0.717) is 36.8 Å². The van der Waals surface area contributed by atoms with Crippen molar-refractivity contribution >= 4 is 0 Å². The second kappa shape index (κ2) is 7.59. The Morgan fingerprint density at radius 2 is 1.92 bits per heavy atom. The molecule has 0 bridgehead atoms. The largest absolute Gasteiger partial charge is 0.490 e. The molecule has 128 valence electrons. The fourth-order valence-corrected chi connectivity index (χ4v) is 2.57. The fourth-order valence-electron chi connectivity index (χ4n) is 2.57. The highest BCUT2D eigenvalue weighted by Crippen LogP contribution is 2.33. The summed E-state index contributed by atoms with van der Waals surface area (Å²) >= 11 is 0. The number of rotatable bonds is 5. The van der Waals surface area contributed by atoms with Crippen molar-refractivity contribution in [3.05, 3.63) is 59.2 Å². The number of ether oxygens (including phenoxy) is 2. The predicted octanol–water partition coefficient (Wildman–Crippen LogP) is 2.95. The molecule has 6 heteroatoms. The average Bonchev–Trinajstić information content (AvgIpc) is 2.83. The Hall–Kier alpha value is -2.18. The molecule has 1 heterocycles. The van der Waals surface area contributed by atoms with Crippen LogP contribution in [0.1, 0.15) is 23.7 Å². The van der Waals surface area contributed by atoms with Crippen LogP contribution in [0.25, 0.3) is 0 Å². The van der Waals surface area contributed by atoms with Gasteiger partial charge in [0.05, 0.1) is 19.3 Å². The van der Waals surface area contributed by atoms with Crippen LogP contribution in [0.2, 0.25) is 0 Å². The Kier molecular flexibility index (Phi) is 5.27. The zero-order valence-corrected chi connectivity index (χ0v) is 13.1. The molecule has 1 aliphatic heterocycles. The van der Waals surface area contributed by atoms with Crippen molar-refractivity contribution in [3.63, 3.8) is 0 Å². The highest BCUT2D eigenvalue weighted by atomic mass is 19.2. The number of hydrogen-bond donors (Lipinski definition) is 2. The van der Waals surface area contributed by atoms with Gasteiger partial charge in [0.15, 0.2) is 23.1 Å².